The molecule has 0 aliphatic carbocycles. The van der Waals surface area contributed by atoms with Gasteiger partial charge in [-0.25, -0.2) is 8.42 Å². The minimum Gasteiger partial charge on any atom is -0.495 e. The lowest BCUT2D eigenvalue weighted by atomic mass is 10.3. The monoisotopic (exact) mass is 397 g/mol. The molecule has 25 heavy (non-hydrogen) atoms. The number of hydrogen-bond acceptors (Lipinski definition) is 7. The summed E-state index contributed by atoms with van der Waals surface area (Å²) in [4.78, 5) is 12.1. The number of aromatic nitrogens is 2. The molecule has 0 aliphatic heterocycles. The number of hydrogen-bond donors (Lipinski definition) is 1. The van der Waals surface area contributed by atoms with E-state index in [4.69, 9.17) is 16.3 Å². The first-order valence-electron chi connectivity index (χ1n) is 6.98. The second-order valence-electron chi connectivity index (χ2n) is 5.04. The van der Waals surface area contributed by atoms with E-state index in [1.807, 2.05) is 0 Å². The molecule has 7 nitrogen and oxygen atoms in total. The summed E-state index contributed by atoms with van der Waals surface area (Å²) in [5, 5.41) is 2.82. The summed E-state index contributed by atoms with van der Waals surface area (Å²) in [6, 6.07) is 9.27. The van der Waals surface area contributed by atoms with Gasteiger partial charge in [-0.1, -0.05) is 17.7 Å². The minimum absolute atomic E-state index is 0.0123. The number of anilines is 1. The maximum absolute atomic E-state index is 12.5. The Hall–Kier alpha value is -2.23. The molecular formula is C15H12ClN3O4S2. The fraction of sp³-hybridized carbons (Fsp3) is 0.133. The molecule has 3 aromatic rings. The Morgan fingerprint density at radius 3 is 2.80 bits per heavy atom. The smallest absolute Gasteiger partial charge is 0.239 e. The van der Waals surface area contributed by atoms with Crippen LogP contribution in [0, 0.1) is 0 Å². The summed E-state index contributed by atoms with van der Waals surface area (Å²) in [7, 11) is -2.39. The van der Waals surface area contributed by atoms with Gasteiger partial charge in [0.15, 0.2) is 9.84 Å². The standard InChI is InChI=1S/C15H12ClN3O4S2/c1-23-12-6-5-9(7-10(12)16)17-14(20)8-25(21,22)13-4-2-3-11-15(13)19-24-18-11/h2-7H,8H2,1H3,(H,17,20). The highest BCUT2D eigenvalue weighted by molar-refractivity contribution is 7.92. The average molecular weight is 398 g/mol. The average Bonchev–Trinajstić information content (AvgIpc) is 3.02. The molecular weight excluding hydrogens is 386 g/mol. The molecule has 0 spiro atoms. The Morgan fingerprint density at radius 1 is 1.28 bits per heavy atom. The van der Waals surface area contributed by atoms with Gasteiger partial charge in [0.2, 0.25) is 5.91 Å². The second kappa shape index (κ2) is 6.95. The summed E-state index contributed by atoms with van der Waals surface area (Å²) in [5.74, 6) is -0.941. The van der Waals surface area contributed by atoms with Crippen LogP contribution in [0.5, 0.6) is 5.75 Å². The van der Waals surface area contributed by atoms with E-state index < -0.39 is 21.5 Å². The molecule has 2 aromatic carbocycles. The lowest BCUT2D eigenvalue weighted by molar-refractivity contribution is -0.113. The van der Waals surface area contributed by atoms with Crippen molar-refractivity contribution < 1.29 is 17.9 Å². The van der Waals surface area contributed by atoms with Crippen molar-refractivity contribution in [3.05, 3.63) is 41.4 Å². The topological polar surface area (TPSA) is 98.2 Å². The Labute approximate surface area is 152 Å². The van der Waals surface area contributed by atoms with Gasteiger partial charge in [-0.05, 0) is 30.3 Å². The highest BCUT2D eigenvalue weighted by Gasteiger charge is 2.23. The van der Waals surface area contributed by atoms with E-state index >= 15 is 0 Å². The number of carbonyl (C=O) groups excluding carboxylic acids is 1. The molecule has 0 atom stereocenters. The Kier molecular flexibility index (Phi) is 4.89. The number of methoxy groups -OCH3 is 1. The van der Waals surface area contributed by atoms with E-state index in [0.29, 0.717) is 22.0 Å². The predicted molar refractivity (Wildman–Crippen MR) is 96.1 cm³/mol. The van der Waals surface area contributed by atoms with Gasteiger partial charge in [-0.2, -0.15) is 8.75 Å². The minimum atomic E-state index is -3.86. The van der Waals surface area contributed by atoms with Crippen LogP contribution in [-0.4, -0.2) is 35.9 Å². The third kappa shape index (κ3) is 3.73. The molecule has 3 rings (SSSR count). The van der Waals surface area contributed by atoms with Gasteiger partial charge >= 0.3 is 0 Å². The SMILES string of the molecule is COc1ccc(NC(=O)CS(=O)(=O)c2cccc3nsnc23)cc1Cl. The summed E-state index contributed by atoms with van der Waals surface area (Å²) < 4.78 is 38.1. The van der Waals surface area contributed by atoms with Crippen LogP contribution in [0.15, 0.2) is 41.3 Å². The van der Waals surface area contributed by atoms with Gasteiger partial charge in [-0.15, -0.1) is 0 Å². The van der Waals surface area contributed by atoms with Gasteiger partial charge in [-0.3, -0.25) is 4.79 Å². The molecule has 0 unspecified atom stereocenters. The van der Waals surface area contributed by atoms with E-state index in [-0.39, 0.29) is 10.4 Å². The van der Waals surface area contributed by atoms with E-state index in [1.165, 1.54) is 19.2 Å². The number of nitrogens with zero attached hydrogens (tertiary/aromatic N) is 2. The van der Waals surface area contributed by atoms with Crippen molar-refractivity contribution in [1.82, 2.24) is 8.75 Å². The van der Waals surface area contributed by atoms with E-state index in [9.17, 15) is 13.2 Å². The number of sulfone groups is 1. The first-order valence-corrected chi connectivity index (χ1v) is 9.74. The molecule has 0 fully saturated rings. The molecule has 0 saturated carbocycles. The van der Waals surface area contributed by atoms with Crippen molar-refractivity contribution in [3.8, 4) is 5.75 Å². The van der Waals surface area contributed by atoms with Gasteiger partial charge in [0.25, 0.3) is 0 Å². The first kappa shape index (κ1) is 17.6. The van der Waals surface area contributed by atoms with Crippen molar-refractivity contribution in [2.45, 2.75) is 4.90 Å². The van der Waals surface area contributed by atoms with Gasteiger partial charge in [0, 0.05) is 5.69 Å². The van der Waals surface area contributed by atoms with Crippen LogP contribution in [0.2, 0.25) is 5.02 Å². The van der Waals surface area contributed by atoms with Crippen molar-refractivity contribution in [2.75, 3.05) is 18.2 Å². The highest BCUT2D eigenvalue weighted by Crippen LogP contribution is 2.27. The zero-order valence-electron chi connectivity index (χ0n) is 12.9. The lowest BCUT2D eigenvalue weighted by Crippen LogP contribution is -2.23. The maximum atomic E-state index is 12.5. The summed E-state index contributed by atoms with van der Waals surface area (Å²) in [6.45, 7) is 0. The fourth-order valence-corrected chi connectivity index (χ4v) is 4.39. The number of rotatable bonds is 5. The van der Waals surface area contributed by atoms with E-state index in [0.717, 1.165) is 11.7 Å². The molecule has 130 valence electrons. The zero-order chi connectivity index (χ0) is 18.0. The first-order chi connectivity index (χ1) is 11.9. The third-order valence-corrected chi connectivity index (χ3v) is 5.82. The van der Waals surface area contributed by atoms with Crippen LogP contribution in [0.4, 0.5) is 5.69 Å². The van der Waals surface area contributed by atoms with Crippen LogP contribution >= 0.6 is 23.3 Å². The van der Waals surface area contributed by atoms with Crippen molar-refractivity contribution in [1.29, 1.82) is 0 Å². The molecule has 1 heterocycles. The van der Waals surface area contributed by atoms with Gasteiger partial charge < -0.3 is 10.1 Å². The van der Waals surface area contributed by atoms with Gasteiger partial charge in [0.05, 0.1) is 28.8 Å². The molecule has 0 radical (unpaired) electrons. The number of fused-ring (bicyclic) bond motifs is 1. The molecule has 1 amide bonds. The number of halogens is 1. The van der Waals surface area contributed by atoms with E-state index in [2.05, 4.69) is 14.1 Å². The third-order valence-electron chi connectivity index (χ3n) is 3.34. The number of amides is 1. The summed E-state index contributed by atoms with van der Waals surface area (Å²) in [5.41, 5.74) is 1.13. The Bertz CT molecular complexity index is 1050. The molecule has 0 saturated heterocycles. The summed E-state index contributed by atoms with van der Waals surface area (Å²) >= 11 is 6.90. The van der Waals surface area contributed by atoms with Gasteiger partial charge in [0.1, 0.15) is 22.5 Å². The van der Waals surface area contributed by atoms with Crippen molar-refractivity contribution >= 4 is 55.8 Å². The molecule has 1 aromatic heterocycles. The Morgan fingerprint density at radius 2 is 2.08 bits per heavy atom. The number of carbonyl (C=O) groups is 1. The molecule has 10 heteroatoms. The molecule has 0 bridgehead atoms. The number of benzene rings is 2. The highest BCUT2D eigenvalue weighted by atomic mass is 35.5. The van der Waals surface area contributed by atoms with E-state index in [1.54, 1.807) is 24.3 Å². The number of nitrogens with one attached hydrogen (secondary N) is 1. The largest absolute Gasteiger partial charge is 0.495 e. The van der Waals surface area contributed by atoms with Crippen molar-refractivity contribution in [2.24, 2.45) is 0 Å². The van der Waals surface area contributed by atoms with Crippen LogP contribution in [-0.2, 0) is 14.6 Å². The Balaban J connectivity index is 1.80. The normalized spacial score (nSPS) is 11.4. The predicted octanol–water partition coefficient (Wildman–Crippen LogP) is 2.77. The summed E-state index contributed by atoms with van der Waals surface area (Å²) in [6.07, 6.45) is 0. The molecule has 0 aliphatic rings. The van der Waals surface area contributed by atoms with Crippen LogP contribution < -0.4 is 10.1 Å². The van der Waals surface area contributed by atoms with Crippen LogP contribution in [0.25, 0.3) is 11.0 Å². The van der Waals surface area contributed by atoms with Crippen LogP contribution in [0.3, 0.4) is 0 Å². The van der Waals surface area contributed by atoms with Crippen LogP contribution in [0.1, 0.15) is 0 Å². The van der Waals surface area contributed by atoms with Crippen molar-refractivity contribution in [3.63, 3.8) is 0 Å². The quantitative estimate of drug-likeness (QED) is 0.710. The lowest BCUT2D eigenvalue weighted by Gasteiger charge is -2.09. The maximum Gasteiger partial charge on any atom is 0.239 e. The second-order valence-corrected chi connectivity index (χ2v) is 7.94. The fourth-order valence-electron chi connectivity index (χ4n) is 2.22. The zero-order valence-corrected chi connectivity index (χ0v) is 15.3. The molecule has 1 N–H and O–H groups in total. The number of ether oxygens (including phenoxy) is 1.